The molecule has 3 aliphatic rings. The second-order valence-electron chi connectivity index (χ2n) is 3.64. The quantitative estimate of drug-likeness (QED) is 0.516. The summed E-state index contributed by atoms with van der Waals surface area (Å²) in [6, 6.07) is -0.243. The summed E-state index contributed by atoms with van der Waals surface area (Å²) in [6.45, 7) is 0.335. The number of rotatable bonds is 0. The maximum Gasteiger partial charge on any atom is 0.408 e. The highest BCUT2D eigenvalue weighted by Crippen LogP contribution is 2.30. The topological polar surface area (TPSA) is 73.9 Å². The molecule has 0 bridgehead atoms. The molecule has 6 heteroatoms. The largest absolute Gasteiger partial charge is 0.457 e. The lowest BCUT2D eigenvalue weighted by Crippen LogP contribution is -2.53. The SMILES string of the molecule is O=C1C[C@@H]2OC[C@H]3OC(=O)N[C@H]3[C@H]2O1. The molecule has 3 saturated heterocycles. The molecule has 0 spiro atoms. The average molecular weight is 199 g/mol. The van der Waals surface area contributed by atoms with Crippen LogP contribution >= 0.6 is 0 Å². The van der Waals surface area contributed by atoms with Crippen LogP contribution in [0, 0.1) is 0 Å². The highest BCUT2D eigenvalue weighted by molar-refractivity contribution is 5.74. The number of ether oxygens (including phenoxy) is 3. The minimum atomic E-state index is -0.466. The van der Waals surface area contributed by atoms with E-state index in [4.69, 9.17) is 14.2 Å². The van der Waals surface area contributed by atoms with Crippen LogP contribution in [0.5, 0.6) is 0 Å². The minimum absolute atomic E-state index is 0.231. The van der Waals surface area contributed by atoms with Crippen LogP contribution in [0.3, 0.4) is 0 Å². The fourth-order valence-electron chi connectivity index (χ4n) is 2.14. The lowest BCUT2D eigenvalue weighted by molar-refractivity contribution is -0.147. The highest BCUT2D eigenvalue weighted by atomic mass is 16.6. The van der Waals surface area contributed by atoms with E-state index in [0.717, 1.165) is 0 Å². The summed E-state index contributed by atoms with van der Waals surface area (Å²) in [5, 5.41) is 2.63. The Bertz CT molecular complexity index is 274. The van der Waals surface area contributed by atoms with Gasteiger partial charge in [-0.1, -0.05) is 0 Å². The monoisotopic (exact) mass is 199 g/mol. The molecule has 0 aromatic carbocycles. The van der Waals surface area contributed by atoms with E-state index in [1.807, 2.05) is 0 Å². The predicted molar refractivity (Wildman–Crippen MR) is 41.4 cm³/mol. The number of fused-ring (bicyclic) bond motifs is 3. The van der Waals surface area contributed by atoms with Crippen LogP contribution in [0.4, 0.5) is 4.79 Å². The van der Waals surface area contributed by atoms with Crippen molar-refractivity contribution in [3.63, 3.8) is 0 Å². The van der Waals surface area contributed by atoms with E-state index < -0.39 is 6.09 Å². The summed E-state index contributed by atoms with van der Waals surface area (Å²) < 4.78 is 15.4. The van der Waals surface area contributed by atoms with Crippen LogP contribution < -0.4 is 5.32 Å². The number of alkyl carbamates (subject to hydrolysis) is 1. The zero-order valence-electron chi connectivity index (χ0n) is 7.26. The van der Waals surface area contributed by atoms with Crippen molar-refractivity contribution in [1.82, 2.24) is 5.32 Å². The van der Waals surface area contributed by atoms with Crippen molar-refractivity contribution in [3.8, 4) is 0 Å². The Balaban J connectivity index is 1.84. The van der Waals surface area contributed by atoms with Crippen molar-refractivity contribution in [2.75, 3.05) is 6.61 Å². The number of carbonyl (C=O) groups excluding carboxylic acids is 2. The fourth-order valence-corrected chi connectivity index (χ4v) is 2.14. The van der Waals surface area contributed by atoms with Crippen LogP contribution in [0.1, 0.15) is 6.42 Å². The fraction of sp³-hybridized carbons (Fsp3) is 0.750. The summed E-state index contributed by atoms with van der Waals surface area (Å²) >= 11 is 0. The molecule has 1 N–H and O–H groups in total. The second kappa shape index (κ2) is 2.60. The first kappa shape index (κ1) is 8.05. The molecule has 0 aromatic heterocycles. The summed E-state index contributed by atoms with van der Waals surface area (Å²) in [4.78, 5) is 22.0. The third-order valence-electron chi connectivity index (χ3n) is 2.77. The molecule has 3 rings (SSSR count). The third-order valence-corrected chi connectivity index (χ3v) is 2.77. The molecule has 76 valence electrons. The van der Waals surface area contributed by atoms with E-state index in [2.05, 4.69) is 5.32 Å². The van der Waals surface area contributed by atoms with Gasteiger partial charge in [0.25, 0.3) is 0 Å². The van der Waals surface area contributed by atoms with Gasteiger partial charge in [-0.3, -0.25) is 4.79 Å². The number of hydrogen-bond donors (Lipinski definition) is 1. The van der Waals surface area contributed by atoms with Gasteiger partial charge in [-0.05, 0) is 0 Å². The Morgan fingerprint density at radius 1 is 1.21 bits per heavy atom. The van der Waals surface area contributed by atoms with Gasteiger partial charge in [0, 0.05) is 0 Å². The van der Waals surface area contributed by atoms with Crippen molar-refractivity contribution in [3.05, 3.63) is 0 Å². The molecule has 0 aliphatic carbocycles. The van der Waals surface area contributed by atoms with Gasteiger partial charge in [-0.25, -0.2) is 4.79 Å². The second-order valence-corrected chi connectivity index (χ2v) is 3.64. The molecular weight excluding hydrogens is 190 g/mol. The van der Waals surface area contributed by atoms with E-state index in [1.165, 1.54) is 0 Å². The molecule has 3 heterocycles. The summed E-state index contributed by atoms with van der Waals surface area (Å²) in [5.74, 6) is -0.276. The standard InChI is InChI=1S/C8H9NO5/c10-5-1-3-7(14-5)6-4(2-12-3)13-8(11)9-6/h3-4,6-7H,1-2H2,(H,9,11)/t3-,4+,6+,7-/m0/s1. The molecule has 1 amide bonds. The summed E-state index contributed by atoms with van der Waals surface area (Å²) in [6.07, 6.45) is -1.13. The number of amides is 1. The van der Waals surface area contributed by atoms with Gasteiger partial charge >= 0.3 is 12.1 Å². The zero-order chi connectivity index (χ0) is 9.71. The molecule has 4 atom stereocenters. The number of nitrogens with one attached hydrogen (secondary N) is 1. The Morgan fingerprint density at radius 2 is 2.07 bits per heavy atom. The van der Waals surface area contributed by atoms with Crippen LogP contribution in [0.25, 0.3) is 0 Å². The normalized spacial score (nSPS) is 44.9. The molecule has 0 aromatic rings. The first-order chi connectivity index (χ1) is 6.74. The highest BCUT2D eigenvalue weighted by Gasteiger charge is 2.52. The maximum atomic E-state index is 11.0. The van der Waals surface area contributed by atoms with Gasteiger partial charge in [0.1, 0.15) is 12.1 Å². The lowest BCUT2D eigenvalue weighted by Gasteiger charge is -2.31. The molecular formula is C8H9NO5. The molecule has 0 saturated carbocycles. The summed E-state index contributed by atoms with van der Waals surface area (Å²) in [7, 11) is 0. The minimum Gasteiger partial charge on any atom is -0.457 e. The van der Waals surface area contributed by atoms with Crippen LogP contribution in [-0.2, 0) is 19.0 Å². The molecule has 3 aliphatic heterocycles. The number of hydrogen-bond acceptors (Lipinski definition) is 5. The molecule has 14 heavy (non-hydrogen) atoms. The van der Waals surface area contributed by atoms with Crippen molar-refractivity contribution >= 4 is 12.1 Å². The Kier molecular flexibility index (Phi) is 1.49. The van der Waals surface area contributed by atoms with E-state index in [1.54, 1.807) is 0 Å². The molecule has 6 nitrogen and oxygen atoms in total. The number of esters is 1. The molecule has 0 radical (unpaired) electrons. The van der Waals surface area contributed by atoms with Crippen molar-refractivity contribution in [2.45, 2.75) is 30.8 Å². The van der Waals surface area contributed by atoms with Crippen molar-refractivity contribution in [1.29, 1.82) is 0 Å². The van der Waals surface area contributed by atoms with Gasteiger partial charge in [0.05, 0.1) is 13.0 Å². The Labute approximate surface area is 79.5 Å². The maximum absolute atomic E-state index is 11.0. The molecule has 0 unspecified atom stereocenters. The number of carbonyl (C=O) groups is 2. The smallest absolute Gasteiger partial charge is 0.408 e. The van der Waals surface area contributed by atoms with Crippen molar-refractivity contribution < 1.29 is 23.8 Å². The van der Waals surface area contributed by atoms with Gasteiger partial charge in [0.2, 0.25) is 0 Å². The van der Waals surface area contributed by atoms with E-state index in [-0.39, 0.29) is 36.7 Å². The van der Waals surface area contributed by atoms with E-state index in [0.29, 0.717) is 6.61 Å². The predicted octanol–water partition coefficient (Wildman–Crippen LogP) is -0.822. The van der Waals surface area contributed by atoms with Gasteiger partial charge in [0.15, 0.2) is 12.2 Å². The Hall–Kier alpha value is -1.30. The Morgan fingerprint density at radius 3 is 2.93 bits per heavy atom. The van der Waals surface area contributed by atoms with Gasteiger partial charge < -0.3 is 19.5 Å². The van der Waals surface area contributed by atoms with Gasteiger partial charge in [-0.15, -0.1) is 0 Å². The first-order valence-electron chi connectivity index (χ1n) is 4.52. The van der Waals surface area contributed by atoms with Crippen molar-refractivity contribution in [2.24, 2.45) is 0 Å². The van der Waals surface area contributed by atoms with E-state index in [9.17, 15) is 9.59 Å². The van der Waals surface area contributed by atoms with E-state index >= 15 is 0 Å². The van der Waals surface area contributed by atoms with Crippen LogP contribution in [-0.4, -0.2) is 43.0 Å². The summed E-state index contributed by atoms with van der Waals surface area (Å²) in [5.41, 5.74) is 0. The van der Waals surface area contributed by atoms with Crippen LogP contribution in [0.15, 0.2) is 0 Å². The average Bonchev–Trinajstić information content (AvgIpc) is 2.65. The lowest BCUT2D eigenvalue weighted by atomic mass is 9.98. The third kappa shape index (κ3) is 1.00. The van der Waals surface area contributed by atoms with Crippen LogP contribution in [0.2, 0.25) is 0 Å². The van der Waals surface area contributed by atoms with Gasteiger partial charge in [-0.2, -0.15) is 0 Å². The first-order valence-corrected chi connectivity index (χ1v) is 4.52. The molecule has 3 fully saturated rings. The zero-order valence-corrected chi connectivity index (χ0v) is 7.26.